The van der Waals surface area contributed by atoms with Gasteiger partial charge in [0.15, 0.2) is 0 Å². The van der Waals surface area contributed by atoms with Crippen molar-refractivity contribution in [3.8, 4) is 5.75 Å². The van der Waals surface area contributed by atoms with Gasteiger partial charge in [0, 0.05) is 5.56 Å². The van der Waals surface area contributed by atoms with Gasteiger partial charge in [-0.1, -0.05) is 24.3 Å². The van der Waals surface area contributed by atoms with Crippen LogP contribution >= 0.6 is 0 Å². The lowest BCUT2D eigenvalue weighted by Gasteiger charge is -2.20. The molecule has 0 heterocycles. The molecule has 0 aromatic heterocycles. The fourth-order valence-electron chi connectivity index (χ4n) is 2.46. The fraction of sp³-hybridized carbons (Fsp3) is 0.381. The number of carbonyl (C=O) groups is 1. The third-order valence-electron chi connectivity index (χ3n) is 4.50. The van der Waals surface area contributed by atoms with Crippen LogP contribution in [0.3, 0.4) is 0 Å². The summed E-state index contributed by atoms with van der Waals surface area (Å²) in [5.74, 6) is -0.111. The van der Waals surface area contributed by atoms with Crippen LogP contribution in [0.25, 0.3) is 0 Å². The number of nitrogens with one attached hydrogen (secondary N) is 1. The summed E-state index contributed by atoms with van der Waals surface area (Å²) >= 11 is 0. The number of aryl methyl sites for hydroxylation is 3. The molecule has 1 N–H and O–H groups in total. The van der Waals surface area contributed by atoms with E-state index < -0.39 is 20.7 Å². The minimum absolute atomic E-state index is 0.241. The van der Waals surface area contributed by atoms with Gasteiger partial charge < -0.3 is 4.74 Å². The van der Waals surface area contributed by atoms with Crippen LogP contribution in [0.5, 0.6) is 5.75 Å². The predicted octanol–water partition coefficient (Wildman–Crippen LogP) is 4.05. The van der Waals surface area contributed by atoms with Crippen molar-refractivity contribution in [2.45, 2.75) is 52.9 Å². The highest BCUT2D eigenvalue weighted by atomic mass is 32.2. The largest absolute Gasteiger partial charge is 0.489 e. The Morgan fingerprint density at radius 2 is 1.59 bits per heavy atom. The lowest BCUT2D eigenvalue weighted by Crippen LogP contribution is -2.42. The zero-order valence-corrected chi connectivity index (χ0v) is 17.5. The maximum absolute atomic E-state index is 12.4. The van der Waals surface area contributed by atoms with Crippen LogP contribution in [0.1, 0.15) is 53.4 Å². The van der Waals surface area contributed by atoms with E-state index in [-0.39, 0.29) is 5.56 Å². The number of ether oxygens (including phenoxy) is 1. The first-order valence-corrected chi connectivity index (χ1v) is 10.3. The van der Waals surface area contributed by atoms with Gasteiger partial charge in [0.05, 0.1) is 4.75 Å². The highest BCUT2D eigenvalue weighted by Crippen LogP contribution is 2.23. The van der Waals surface area contributed by atoms with Crippen molar-refractivity contribution in [3.05, 3.63) is 64.2 Å². The molecule has 27 heavy (non-hydrogen) atoms. The Balaban J connectivity index is 2.22. The number of benzene rings is 2. The van der Waals surface area contributed by atoms with Crippen molar-refractivity contribution in [2.75, 3.05) is 0 Å². The van der Waals surface area contributed by atoms with Crippen LogP contribution in [-0.2, 0) is 16.6 Å². The molecule has 0 spiro atoms. The zero-order chi connectivity index (χ0) is 20.4. The van der Waals surface area contributed by atoms with E-state index in [0.29, 0.717) is 12.4 Å². The fourth-order valence-corrected chi connectivity index (χ4v) is 3.13. The normalized spacial score (nSPS) is 11.9. The summed E-state index contributed by atoms with van der Waals surface area (Å²) < 4.78 is 31.4. The predicted molar refractivity (Wildman–Crippen MR) is 108 cm³/mol. The summed E-state index contributed by atoms with van der Waals surface area (Å²) in [6, 6.07) is 11.0. The molecular formula is C21H27NO4S. The average molecular weight is 390 g/mol. The van der Waals surface area contributed by atoms with Gasteiger partial charge in [-0.15, -0.1) is 0 Å². The summed E-state index contributed by atoms with van der Waals surface area (Å²) in [6.45, 7) is 10.9. The van der Waals surface area contributed by atoms with Gasteiger partial charge in [-0.3, -0.25) is 4.79 Å². The van der Waals surface area contributed by atoms with Crippen molar-refractivity contribution in [1.82, 2.24) is 4.72 Å². The van der Waals surface area contributed by atoms with Crippen molar-refractivity contribution in [3.63, 3.8) is 0 Å². The second-order valence-electron chi connectivity index (χ2n) is 7.69. The van der Waals surface area contributed by atoms with Gasteiger partial charge >= 0.3 is 0 Å². The Morgan fingerprint density at radius 3 is 2.15 bits per heavy atom. The highest BCUT2D eigenvalue weighted by molar-refractivity contribution is 7.91. The van der Waals surface area contributed by atoms with E-state index in [0.717, 1.165) is 22.3 Å². The first kappa shape index (κ1) is 21.0. The maximum Gasteiger partial charge on any atom is 0.264 e. The molecule has 0 saturated carbocycles. The van der Waals surface area contributed by atoms with Gasteiger partial charge in [0.2, 0.25) is 10.0 Å². The van der Waals surface area contributed by atoms with Gasteiger partial charge in [-0.2, -0.15) is 0 Å². The number of hydrogen-bond acceptors (Lipinski definition) is 4. The maximum atomic E-state index is 12.4. The van der Waals surface area contributed by atoms with Gasteiger partial charge in [-0.05, 0) is 75.9 Å². The molecule has 5 nitrogen and oxygen atoms in total. The number of carbonyl (C=O) groups excluding carboxylic acids is 1. The van der Waals surface area contributed by atoms with Crippen LogP contribution in [0, 0.1) is 20.8 Å². The molecule has 0 radical (unpaired) electrons. The molecule has 0 aliphatic rings. The molecule has 2 aromatic carbocycles. The Labute approximate surface area is 161 Å². The molecular weight excluding hydrogens is 362 g/mol. The van der Waals surface area contributed by atoms with Crippen LogP contribution in [0.4, 0.5) is 0 Å². The summed E-state index contributed by atoms with van der Waals surface area (Å²) in [7, 11) is -3.77. The van der Waals surface area contributed by atoms with E-state index in [9.17, 15) is 13.2 Å². The van der Waals surface area contributed by atoms with Crippen LogP contribution < -0.4 is 9.46 Å². The molecule has 0 unspecified atom stereocenters. The average Bonchev–Trinajstić information content (AvgIpc) is 2.54. The molecule has 0 aliphatic carbocycles. The Morgan fingerprint density at radius 1 is 1.00 bits per heavy atom. The van der Waals surface area contributed by atoms with Crippen LogP contribution in [0.15, 0.2) is 36.4 Å². The third-order valence-corrected chi connectivity index (χ3v) is 6.57. The quantitative estimate of drug-likeness (QED) is 0.837. The summed E-state index contributed by atoms with van der Waals surface area (Å²) in [4.78, 5) is 12.4. The molecule has 2 aromatic rings. The topological polar surface area (TPSA) is 72.5 Å². The highest BCUT2D eigenvalue weighted by Gasteiger charge is 2.31. The van der Waals surface area contributed by atoms with E-state index in [1.807, 2.05) is 39.0 Å². The summed E-state index contributed by atoms with van der Waals surface area (Å²) in [5.41, 5.74) is 4.49. The first-order chi connectivity index (χ1) is 12.4. The monoisotopic (exact) mass is 389 g/mol. The molecule has 0 atom stereocenters. The molecule has 2 rings (SSSR count). The van der Waals surface area contributed by atoms with E-state index in [1.54, 1.807) is 18.2 Å². The SMILES string of the molecule is Cc1ccc(C(=O)NS(=O)(=O)C(C)(C)C)cc1OCc1c(C)cccc1C. The van der Waals surface area contributed by atoms with Crippen molar-refractivity contribution >= 4 is 15.9 Å². The second kappa shape index (κ2) is 7.72. The van der Waals surface area contributed by atoms with Gasteiger partial charge in [0.1, 0.15) is 12.4 Å². The number of hydrogen-bond donors (Lipinski definition) is 1. The Kier molecular flexibility index (Phi) is 6.00. The van der Waals surface area contributed by atoms with E-state index in [4.69, 9.17) is 4.74 Å². The Bertz CT molecular complexity index is 936. The van der Waals surface area contributed by atoms with Crippen molar-refractivity contribution in [1.29, 1.82) is 0 Å². The number of sulfonamides is 1. The summed E-state index contributed by atoms with van der Waals surface area (Å²) in [6.07, 6.45) is 0. The molecule has 146 valence electrons. The van der Waals surface area contributed by atoms with E-state index in [2.05, 4.69) is 4.72 Å². The van der Waals surface area contributed by atoms with Crippen LogP contribution in [0.2, 0.25) is 0 Å². The number of amides is 1. The number of rotatable bonds is 5. The minimum Gasteiger partial charge on any atom is -0.489 e. The first-order valence-electron chi connectivity index (χ1n) is 8.77. The lowest BCUT2D eigenvalue weighted by molar-refractivity contribution is 0.0980. The standard InChI is InChI=1S/C21H27NO4S/c1-14-8-7-9-15(2)18(14)13-26-19-12-17(11-10-16(19)3)20(23)22-27(24,25)21(4,5)6/h7-12H,13H2,1-6H3,(H,22,23). The molecule has 1 amide bonds. The molecule has 0 aliphatic heterocycles. The van der Waals surface area contributed by atoms with E-state index >= 15 is 0 Å². The minimum atomic E-state index is -3.77. The molecule has 6 heteroatoms. The van der Waals surface area contributed by atoms with Gasteiger partial charge in [0.25, 0.3) is 5.91 Å². The van der Waals surface area contributed by atoms with Crippen molar-refractivity contribution < 1.29 is 17.9 Å². The van der Waals surface area contributed by atoms with Crippen molar-refractivity contribution in [2.24, 2.45) is 0 Å². The second-order valence-corrected chi connectivity index (χ2v) is 10.1. The smallest absolute Gasteiger partial charge is 0.264 e. The summed E-state index contributed by atoms with van der Waals surface area (Å²) in [5, 5.41) is 0. The van der Waals surface area contributed by atoms with E-state index in [1.165, 1.54) is 20.8 Å². The van der Waals surface area contributed by atoms with Crippen LogP contribution in [-0.4, -0.2) is 19.1 Å². The third kappa shape index (κ3) is 4.89. The van der Waals surface area contributed by atoms with Gasteiger partial charge in [-0.25, -0.2) is 13.1 Å². The molecule has 0 fully saturated rings. The zero-order valence-electron chi connectivity index (χ0n) is 16.7. The molecule has 0 bridgehead atoms. The Hall–Kier alpha value is -2.34. The lowest BCUT2D eigenvalue weighted by atomic mass is 10.0. The molecule has 0 saturated heterocycles.